The van der Waals surface area contributed by atoms with E-state index in [0.717, 1.165) is 28.0 Å². The molecule has 150 valence electrons. The van der Waals surface area contributed by atoms with Gasteiger partial charge in [0, 0.05) is 16.6 Å². The number of hydrogen-bond donors (Lipinski definition) is 2. The first-order valence-corrected chi connectivity index (χ1v) is 9.68. The fourth-order valence-electron chi connectivity index (χ4n) is 3.74. The number of pyridine rings is 1. The highest BCUT2D eigenvalue weighted by molar-refractivity contribution is 6.31. The monoisotopic (exact) mass is 419 g/mol. The second-order valence-corrected chi connectivity index (χ2v) is 7.48. The third kappa shape index (κ3) is 2.74. The Balaban J connectivity index is 1.76. The lowest BCUT2D eigenvalue weighted by molar-refractivity contribution is 0.559. The van der Waals surface area contributed by atoms with Crippen LogP contribution in [0.15, 0.2) is 42.7 Å². The van der Waals surface area contributed by atoms with Crippen molar-refractivity contribution < 1.29 is 0 Å². The summed E-state index contributed by atoms with van der Waals surface area (Å²) in [6.45, 7) is 3.87. The molecule has 1 unspecified atom stereocenters. The molecule has 0 spiro atoms. The number of aryl methyl sites for hydroxylation is 1. The summed E-state index contributed by atoms with van der Waals surface area (Å²) in [5, 5.41) is 11.8. The van der Waals surface area contributed by atoms with E-state index in [-0.39, 0.29) is 12.0 Å². The number of nitrogens with two attached hydrogens (primary N) is 2. The third-order valence-electron chi connectivity index (χ3n) is 5.10. The lowest BCUT2D eigenvalue weighted by Gasteiger charge is -2.11. The summed E-state index contributed by atoms with van der Waals surface area (Å²) in [4.78, 5) is 12.7. The van der Waals surface area contributed by atoms with Crippen LogP contribution in [0, 0.1) is 6.92 Å². The van der Waals surface area contributed by atoms with E-state index in [1.807, 2.05) is 48.9 Å². The van der Waals surface area contributed by atoms with Gasteiger partial charge in [-0.2, -0.15) is 20.2 Å². The van der Waals surface area contributed by atoms with Gasteiger partial charge in [0.05, 0.1) is 40.2 Å². The molecule has 4 N–H and O–H groups in total. The molecule has 9 nitrogen and oxygen atoms in total. The molecule has 4 aromatic heterocycles. The summed E-state index contributed by atoms with van der Waals surface area (Å²) in [7, 11) is 0. The minimum Gasteiger partial charge on any atom is -0.383 e. The van der Waals surface area contributed by atoms with Crippen molar-refractivity contribution in [3.05, 3.63) is 59.1 Å². The van der Waals surface area contributed by atoms with E-state index in [2.05, 4.69) is 20.1 Å². The predicted octanol–water partition coefficient (Wildman–Crippen LogP) is 3.30. The van der Waals surface area contributed by atoms with Gasteiger partial charge in [0.1, 0.15) is 5.82 Å². The lowest BCUT2D eigenvalue weighted by Crippen LogP contribution is -2.12. The van der Waals surface area contributed by atoms with E-state index in [9.17, 15) is 0 Å². The Bertz CT molecular complexity index is 1400. The van der Waals surface area contributed by atoms with Crippen LogP contribution in [-0.2, 0) is 0 Å². The molecule has 30 heavy (non-hydrogen) atoms. The number of halogens is 1. The molecule has 1 aromatic carbocycles. The molecule has 10 heteroatoms. The van der Waals surface area contributed by atoms with E-state index >= 15 is 0 Å². The topological polar surface area (TPSA) is 126 Å². The predicted molar refractivity (Wildman–Crippen MR) is 117 cm³/mol. The summed E-state index contributed by atoms with van der Waals surface area (Å²) in [5.41, 5.74) is 15.7. The Kier molecular flexibility index (Phi) is 4.07. The summed E-state index contributed by atoms with van der Waals surface area (Å²) in [5.74, 6) is 0.414. The molecule has 5 aromatic rings. The molecule has 0 fully saturated rings. The van der Waals surface area contributed by atoms with Crippen molar-refractivity contribution in [2.45, 2.75) is 19.9 Å². The molecule has 1 atom stereocenters. The maximum atomic E-state index is 6.28. The summed E-state index contributed by atoms with van der Waals surface area (Å²) in [6.07, 6.45) is 3.47. The normalized spacial score (nSPS) is 12.6. The van der Waals surface area contributed by atoms with Gasteiger partial charge >= 0.3 is 0 Å². The SMILES string of the molecule is Cc1nn(C(C)c2nn(-c3cccnc3)c3cc(Cl)ccc23)c2nc(N)nc(N)c12. The number of benzene rings is 1. The van der Waals surface area contributed by atoms with Gasteiger partial charge in [-0.25, -0.2) is 9.36 Å². The molecule has 0 bridgehead atoms. The van der Waals surface area contributed by atoms with Crippen LogP contribution in [0.25, 0.3) is 27.6 Å². The van der Waals surface area contributed by atoms with Crippen LogP contribution in [0.4, 0.5) is 11.8 Å². The fraction of sp³-hybridized carbons (Fsp3) is 0.150. The highest BCUT2D eigenvalue weighted by Gasteiger charge is 2.24. The van der Waals surface area contributed by atoms with Gasteiger partial charge in [-0.15, -0.1) is 0 Å². The number of nitrogen functional groups attached to an aromatic ring is 2. The fourth-order valence-corrected chi connectivity index (χ4v) is 3.90. The second-order valence-electron chi connectivity index (χ2n) is 7.04. The zero-order valence-electron chi connectivity index (χ0n) is 16.3. The van der Waals surface area contributed by atoms with Gasteiger partial charge in [0.15, 0.2) is 5.65 Å². The maximum absolute atomic E-state index is 6.28. The van der Waals surface area contributed by atoms with Crippen molar-refractivity contribution in [1.29, 1.82) is 0 Å². The number of hydrogen-bond acceptors (Lipinski definition) is 7. The Labute approximate surface area is 176 Å². The van der Waals surface area contributed by atoms with Gasteiger partial charge < -0.3 is 11.5 Å². The Hall–Kier alpha value is -3.72. The van der Waals surface area contributed by atoms with Crippen molar-refractivity contribution >= 4 is 45.3 Å². The molecule has 0 aliphatic heterocycles. The standard InChI is InChI=1S/C20H18ClN9/c1-10-16-18(22)25-20(23)26-19(16)29(27-10)11(2)17-14-6-5-12(21)8-15(14)30(28-17)13-4-3-7-24-9-13/h3-9,11H,1-2H3,(H4,22,23,25,26). The summed E-state index contributed by atoms with van der Waals surface area (Å²) >= 11 is 6.28. The molecule has 0 aliphatic carbocycles. The van der Waals surface area contributed by atoms with E-state index in [4.69, 9.17) is 28.2 Å². The summed E-state index contributed by atoms with van der Waals surface area (Å²) < 4.78 is 3.61. The van der Waals surface area contributed by atoms with Gasteiger partial charge in [-0.05, 0) is 44.2 Å². The van der Waals surface area contributed by atoms with Gasteiger partial charge in [0.2, 0.25) is 5.95 Å². The molecule has 5 rings (SSSR count). The van der Waals surface area contributed by atoms with Crippen LogP contribution < -0.4 is 11.5 Å². The number of fused-ring (bicyclic) bond motifs is 2. The number of nitrogens with zero attached hydrogens (tertiary/aromatic N) is 7. The minimum atomic E-state index is -0.253. The average Bonchev–Trinajstić information content (AvgIpc) is 3.26. The molecule has 0 radical (unpaired) electrons. The van der Waals surface area contributed by atoms with Crippen LogP contribution in [-0.4, -0.2) is 34.5 Å². The molecule has 0 saturated heterocycles. The Morgan fingerprint density at radius 1 is 1.10 bits per heavy atom. The quantitative estimate of drug-likeness (QED) is 0.459. The number of anilines is 2. The largest absolute Gasteiger partial charge is 0.383 e. The Morgan fingerprint density at radius 2 is 1.93 bits per heavy atom. The van der Waals surface area contributed by atoms with Gasteiger partial charge in [-0.3, -0.25) is 4.98 Å². The lowest BCUT2D eigenvalue weighted by atomic mass is 10.1. The Morgan fingerprint density at radius 3 is 2.70 bits per heavy atom. The van der Waals surface area contributed by atoms with Crippen LogP contribution in [0.2, 0.25) is 5.02 Å². The zero-order valence-corrected chi connectivity index (χ0v) is 17.0. The molecule has 0 aliphatic rings. The average molecular weight is 420 g/mol. The van der Waals surface area contributed by atoms with Crippen molar-refractivity contribution in [3.8, 4) is 5.69 Å². The zero-order chi connectivity index (χ0) is 21.0. The molecular formula is C20H18ClN9. The van der Waals surface area contributed by atoms with Crippen molar-refractivity contribution in [1.82, 2.24) is 34.5 Å². The molecule has 0 saturated carbocycles. The van der Waals surface area contributed by atoms with Crippen molar-refractivity contribution in [2.24, 2.45) is 0 Å². The first-order chi connectivity index (χ1) is 14.4. The van der Waals surface area contributed by atoms with E-state index < -0.39 is 0 Å². The minimum absolute atomic E-state index is 0.103. The van der Waals surface area contributed by atoms with Crippen LogP contribution in [0.5, 0.6) is 0 Å². The smallest absolute Gasteiger partial charge is 0.224 e. The van der Waals surface area contributed by atoms with Crippen LogP contribution in [0.3, 0.4) is 0 Å². The van der Waals surface area contributed by atoms with Crippen LogP contribution in [0.1, 0.15) is 24.4 Å². The van der Waals surface area contributed by atoms with E-state index in [0.29, 0.717) is 21.9 Å². The maximum Gasteiger partial charge on any atom is 0.224 e. The second kappa shape index (κ2) is 6.67. The van der Waals surface area contributed by atoms with Crippen LogP contribution >= 0.6 is 11.6 Å². The summed E-state index contributed by atoms with van der Waals surface area (Å²) in [6, 6.07) is 9.24. The van der Waals surface area contributed by atoms with E-state index in [1.54, 1.807) is 17.1 Å². The third-order valence-corrected chi connectivity index (χ3v) is 5.33. The highest BCUT2D eigenvalue weighted by Crippen LogP contribution is 2.32. The van der Waals surface area contributed by atoms with Crippen molar-refractivity contribution in [2.75, 3.05) is 11.5 Å². The van der Waals surface area contributed by atoms with Gasteiger partial charge in [-0.1, -0.05) is 11.6 Å². The molecular weight excluding hydrogens is 402 g/mol. The van der Waals surface area contributed by atoms with Crippen molar-refractivity contribution in [3.63, 3.8) is 0 Å². The number of rotatable bonds is 3. The first kappa shape index (κ1) is 18.3. The first-order valence-electron chi connectivity index (χ1n) is 9.30. The highest BCUT2D eigenvalue weighted by atomic mass is 35.5. The van der Waals surface area contributed by atoms with E-state index in [1.165, 1.54) is 0 Å². The molecule has 0 amide bonds. The number of aromatic nitrogens is 7. The van der Waals surface area contributed by atoms with Gasteiger partial charge in [0.25, 0.3) is 0 Å². The molecule has 4 heterocycles.